The van der Waals surface area contributed by atoms with E-state index in [0.29, 0.717) is 5.75 Å². The number of benzene rings is 2. The van der Waals surface area contributed by atoms with Gasteiger partial charge in [-0.15, -0.1) is 0 Å². The van der Waals surface area contributed by atoms with E-state index in [0.717, 1.165) is 0 Å². The molecule has 0 saturated heterocycles. The Kier molecular flexibility index (Phi) is 8.13. The van der Waals surface area contributed by atoms with Crippen LogP contribution >= 0.6 is 34.8 Å². The highest BCUT2D eigenvalue weighted by Gasteiger charge is 2.20. The quantitative estimate of drug-likeness (QED) is 0.483. The molecular formula is C19H17Cl3N2O5. The van der Waals surface area contributed by atoms with Crippen LogP contribution in [0.2, 0.25) is 15.1 Å². The van der Waals surface area contributed by atoms with Crippen molar-refractivity contribution in [1.29, 1.82) is 0 Å². The van der Waals surface area contributed by atoms with E-state index < -0.39 is 30.4 Å². The Bertz CT molecular complexity index is 936. The van der Waals surface area contributed by atoms with Gasteiger partial charge in [0.25, 0.3) is 11.8 Å². The van der Waals surface area contributed by atoms with E-state index in [1.54, 1.807) is 24.3 Å². The summed E-state index contributed by atoms with van der Waals surface area (Å²) in [6.07, 6.45) is -1.14. The normalized spacial score (nSPS) is 11.3. The minimum Gasteiger partial charge on any atom is -0.496 e. The Morgan fingerprint density at radius 2 is 1.69 bits per heavy atom. The number of para-hydroxylation sites is 1. The lowest BCUT2D eigenvalue weighted by Crippen LogP contribution is -2.36. The van der Waals surface area contributed by atoms with E-state index in [4.69, 9.17) is 44.3 Å². The van der Waals surface area contributed by atoms with Crippen LogP contribution in [-0.4, -0.2) is 37.5 Å². The van der Waals surface area contributed by atoms with E-state index in [2.05, 4.69) is 10.6 Å². The van der Waals surface area contributed by atoms with E-state index in [9.17, 15) is 14.4 Å². The van der Waals surface area contributed by atoms with Gasteiger partial charge in [0.15, 0.2) is 6.10 Å². The molecule has 154 valence electrons. The molecule has 2 N–H and O–H groups in total. The van der Waals surface area contributed by atoms with Crippen LogP contribution in [0.4, 0.5) is 5.69 Å². The van der Waals surface area contributed by atoms with Crippen LogP contribution in [0.3, 0.4) is 0 Å². The Morgan fingerprint density at radius 3 is 2.38 bits per heavy atom. The van der Waals surface area contributed by atoms with Crippen molar-refractivity contribution in [3.05, 3.63) is 57.0 Å². The van der Waals surface area contributed by atoms with Gasteiger partial charge in [0.2, 0.25) is 0 Å². The lowest BCUT2D eigenvalue weighted by atomic mass is 10.2. The van der Waals surface area contributed by atoms with Crippen molar-refractivity contribution >= 4 is 58.3 Å². The molecule has 2 aromatic carbocycles. The van der Waals surface area contributed by atoms with E-state index in [-0.39, 0.29) is 26.3 Å². The third-order valence-corrected chi connectivity index (χ3v) is 4.73. The molecule has 0 aromatic heterocycles. The molecule has 0 aliphatic rings. The maximum Gasteiger partial charge on any atom is 0.326 e. The van der Waals surface area contributed by atoms with Gasteiger partial charge in [-0.2, -0.15) is 0 Å². The Morgan fingerprint density at radius 1 is 1.03 bits per heavy atom. The van der Waals surface area contributed by atoms with Gasteiger partial charge in [-0.1, -0.05) is 46.9 Å². The van der Waals surface area contributed by atoms with Gasteiger partial charge in [-0.25, -0.2) is 0 Å². The summed E-state index contributed by atoms with van der Waals surface area (Å²) in [5, 5.41) is 5.52. The van der Waals surface area contributed by atoms with Gasteiger partial charge in [-0.05, 0) is 31.2 Å². The average Bonchev–Trinajstić information content (AvgIpc) is 2.69. The Labute approximate surface area is 182 Å². The fraction of sp³-hybridized carbons (Fsp3) is 0.211. The monoisotopic (exact) mass is 458 g/mol. The third-order valence-electron chi connectivity index (χ3n) is 3.69. The minimum atomic E-state index is -1.14. The molecule has 0 spiro atoms. The van der Waals surface area contributed by atoms with Gasteiger partial charge in [0.1, 0.15) is 12.3 Å². The number of esters is 1. The molecular weight excluding hydrogens is 443 g/mol. The van der Waals surface area contributed by atoms with Crippen molar-refractivity contribution in [2.24, 2.45) is 0 Å². The first-order valence-corrected chi connectivity index (χ1v) is 9.42. The van der Waals surface area contributed by atoms with Crippen LogP contribution in [0, 0.1) is 0 Å². The third kappa shape index (κ3) is 6.25. The zero-order valence-corrected chi connectivity index (χ0v) is 17.7. The zero-order chi connectivity index (χ0) is 21.6. The van der Waals surface area contributed by atoms with Crippen LogP contribution < -0.4 is 15.4 Å². The average molecular weight is 460 g/mol. The first-order chi connectivity index (χ1) is 13.7. The second-order valence-electron chi connectivity index (χ2n) is 5.75. The molecule has 7 nitrogen and oxygen atoms in total. The first-order valence-electron chi connectivity index (χ1n) is 8.29. The van der Waals surface area contributed by atoms with Gasteiger partial charge in [0.05, 0.1) is 33.4 Å². The summed E-state index contributed by atoms with van der Waals surface area (Å²) < 4.78 is 10.1. The largest absolute Gasteiger partial charge is 0.496 e. The van der Waals surface area contributed by atoms with Gasteiger partial charge in [-0.3, -0.25) is 14.4 Å². The van der Waals surface area contributed by atoms with Crippen LogP contribution in [0.15, 0.2) is 36.4 Å². The Hall–Kier alpha value is -2.48. The molecule has 0 saturated carbocycles. The van der Waals surface area contributed by atoms with Crippen molar-refractivity contribution < 1.29 is 23.9 Å². The minimum absolute atomic E-state index is 0.176. The van der Waals surface area contributed by atoms with Crippen molar-refractivity contribution in [2.45, 2.75) is 13.0 Å². The van der Waals surface area contributed by atoms with Crippen molar-refractivity contribution in [3.8, 4) is 5.75 Å². The van der Waals surface area contributed by atoms with E-state index >= 15 is 0 Å². The fourth-order valence-electron chi connectivity index (χ4n) is 2.22. The molecule has 2 amide bonds. The molecule has 2 rings (SSSR count). The molecule has 1 unspecified atom stereocenters. The number of carbonyl (C=O) groups excluding carboxylic acids is 3. The van der Waals surface area contributed by atoms with Gasteiger partial charge in [0, 0.05) is 0 Å². The van der Waals surface area contributed by atoms with Crippen LogP contribution in [0.1, 0.15) is 17.3 Å². The van der Waals surface area contributed by atoms with Gasteiger partial charge >= 0.3 is 5.97 Å². The van der Waals surface area contributed by atoms with Crippen LogP contribution in [0.5, 0.6) is 5.75 Å². The highest BCUT2D eigenvalue weighted by atomic mass is 35.5. The first kappa shape index (κ1) is 22.8. The fourth-order valence-corrected chi connectivity index (χ4v) is 2.82. The summed E-state index contributed by atoms with van der Waals surface area (Å²) in [5.74, 6) is -1.57. The number of carbonyl (C=O) groups is 3. The number of rotatable bonds is 7. The van der Waals surface area contributed by atoms with Crippen LogP contribution in [-0.2, 0) is 14.3 Å². The van der Waals surface area contributed by atoms with E-state index in [1.165, 1.54) is 26.2 Å². The van der Waals surface area contributed by atoms with Crippen molar-refractivity contribution in [3.63, 3.8) is 0 Å². The highest BCUT2D eigenvalue weighted by Crippen LogP contribution is 2.32. The number of hydrogen-bond acceptors (Lipinski definition) is 5. The summed E-state index contributed by atoms with van der Waals surface area (Å²) >= 11 is 17.7. The molecule has 2 aromatic rings. The maximum absolute atomic E-state index is 12.2. The number of methoxy groups -OCH3 is 1. The molecule has 0 heterocycles. The number of anilines is 1. The number of hydrogen-bond donors (Lipinski definition) is 2. The molecule has 29 heavy (non-hydrogen) atoms. The molecule has 0 radical (unpaired) electrons. The molecule has 0 bridgehead atoms. The standard InChI is InChI=1S/C19H17Cl3N2O5/c1-10(18(26)24-15-8-13(21)12(20)7-14(15)22)29-17(25)9-23-19(27)11-5-3-4-6-16(11)28-2/h3-8,10H,9H2,1-2H3,(H,23,27)(H,24,26). The predicted octanol–water partition coefficient (Wildman–Crippen LogP) is 3.96. The molecule has 0 fully saturated rings. The highest BCUT2D eigenvalue weighted by molar-refractivity contribution is 6.44. The number of halogens is 3. The number of amides is 2. The predicted molar refractivity (Wildman–Crippen MR) is 111 cm³/mol. The van der Waals surface area contributed by atoms with Crippen LogP contribution in [0.25, 0.3) is 0 Å². The lowest BCUT2D eigenvalue weighted by molar-refractivity contribution is -0.152. The number of nitrogens with one attached hydrogen (secondary N) is 2. The van der Waals surface area contributed by atoms with E-state index in [1.807, 2.05) is 0 Å². The number of ether oxygens (including phenoxy) is 2. The summed E-state index contributed by atoms with van der Waals surface area (Å²) in [6.45, 7) is 0.947. The zero-order valence-electron chi connectivity index (χ0n) is 15.4. The second-order valence-corrected chi connectivity index (χ2v) is 6.97. The van der Waals surface area contributed by atoms with Crippen molar-refractivity contribution in [2.75, 3.05) is 19.0 Å². The smallest absolute Gasteiger partial charge is 0.326 e. The van der Waals surface area contributed by atoms with Crippen molar-refractivity contribution in [1.82, 2.24) is 5.32 Å². The molecule has 0 aliphatic carbocycles. The molecule has 1 atom stereocenters. The van der Waals surface area contributed by atoms with Gasteiger partial charge < -0.3 is 20.1 Å². The maximum atomic E-state index is 12.2. The summed E-state index contributed by atoms with van der Waals surface area (Å²) in [4.78, 5) is 36.3. The summed E-state index contributed by atoms with van der Waals surface area (Å²) in [6, 6.07) is 9.31. The topological polar surface area (TPSA) is 93.7 Å². The molecule has 10 heteroatoms. The Balaban J connectivity index is 1.89. The summed E-state index contributed by atoms with van der Waals surface area (Å²) in [7, 11) is 1.43. The lowest BCUT2D eigenvalue weighted by Gasteiger charge is -2.15. The summed E-state index contributed by atoms with van der Waals surface area (Å²) in [5.41, 5.74) is 0.487. The molecule has 0 aliphatic heterocycles. The second kappa shape index (κ2) is 10.3. The SMILES string of the molecule is COc1ccccc1C(=O)NCC(=O)OC(C)C(=O)Nc1cc(Cl)c(Cl)cc1Cl.